The van der Waals surface area contributed by atoms with Gasteiger partial charge in [0.05, 0.1) is 0 Å². The fourth-order valence-electron chi connectivity index (χ4n) is 3.07. The minimum Gasteiger partial charge on any atom is -0.324 e. The second-order valence-corrected chi connectivity index (χ2v) is 6.21. The number of piperazine rings is 1. The van der Waals surface area contributed by atoms with Crippen LogP contribution in [0.15, 0.2) is 18.2 Å². The summed E-state index contributed by atoms with van der Waals surface area (Å²) in [5.41, 5.74) is 6.61. The Kier molecular flexibility index (Phi) is 4.52. The molecule has 0 bridgehead atoms. The molecule has 3 rings (SSSR count). The molecule has 1 heterocycles. The molecule has 1 saturated heterocycles. The summed E-state index contributed by atoms with van der Waals surface area (Å²) in [4.78, 5) is 4.97. The molecular weight excluding hydrogens is 272 g/mol. The Morgan fingerprint density at radius 1 is 1.05 bits per heavy atom. The average Bonchev–Trinajstić information content (AvgIpc) is 3.29. The minimum absolute atomic E-state index is 0.309. The number of nitrogens with zero attached hydrogens (tertiary/aromatic N) is 2. The summed E-state index contributed by atoms with van der Waals surface area (Å²) in [6.07, 6.45) is 3.44. The molecule has 1 aromatic carbocycles. The Hall–Kier alpha value is -1.04. The van der Waals surface area contributed by atoms with Gasteiger partial charge in [0.2, 0.25) is 0 Å². The third-order valence-electron chi connectivity index (χ3n) is 4.54. The lowest BCUT2D eigenvalue weighted by Gasteiger charge is -2.35. The van der Waals surface area contributed by atoms with Gasteiger partial charge in [-0.1, -0.05) is 0 Å². The number of nitrogens with two attached hydrogens (primary N) is 1. The molecule has 1 atom stereocenters. The highest BCUT2D eigenvalue weighted by molar-refractivity contribution is 5.21. The molecule has 0 radical (unpaired) electrons. The summed E-state index contributed by atoms with van der Waals surface area (Å²) in [5, 5.41) is 0. The molecule has 2 aliphatic rings. The topological polar surface area (TPSA) is 32.5 Å². The second kappa shape index (κ2) is 6.38. The van der Waals surface area contributed by atoms with Crippen molar-refractivity contribution in [2.75, 3.05) is 32.7 Å². The Balaban J connectivity index is 1.46. The van der Waals surface area contributed by atoms with Crippen LogP contribution >= 0.6 is 0 Å². The maximum absolute atomic E-state index is 13.2. The molecule has 1 aromatic rings. The molecule has 1 aliphatic carbocycles. The lowest BCUT2D eigenvalue weighted by molar-refractivity contribution is 0.124. The van der Waals surface area contributed by atoms with Crippen molar-refractivity contribution in [3.63, 3.8) is 0 Å². The molecule has 116 valence electrons. The highest BCUT2D eigenvalue weighted by Crippen LogP contribution is 2.27. The van der Waals surface area contributed by atoms with Gasteiger partial charge in [-0.2, -0.15) is 0 Å². The van der Waals surface area contributed by atoms with Crippen molar-refractivity contribution in [3.05, 3.63) is 35.4 Å². The summed E-state index contributed by atoms with van der Waals surface area (Å²) in [7, 11) is 0. The molecule has 0 amide bonds. The fourth-order valence-corrected chi connectivity index (χ4v) is 3.07. The third-order valence-corrected chi connectivity index (χ3v) is 4.54. The predicted octanol–water partition coefficient (Wildman–Crippen LogP) is 2.13. The summed E-state index contributed by atoms with van der Waals surface area (Å²) in [6, 6.07) is 4.08. The zero-order valence-corrected chi connectivity index (χ0v) is 12.3. The molecule has 1 aliphatic heterocycles. The van der Waals surface area contributed by atoms with Crippen LogP contribution in [-0.4, -0.2) is 48.6 Å². The van der Waals surface area contributed by atoms with Gasteiger partial charge >= 0.3 is 0 Å². The average molecular weight is 295 g/mol. The molecule has 0 aromatic heterocycles. The molecule has 3 nitrogen and oxygen atoms in total. The minimum atomic E-state index is -0.557. The molecule has 1 unspecified atom stereocenters. The van der Waals surface area contributed by atoms with Gasteiger partial charge in [-0.25, -0.2) is 8.78 Å². The van der Waals surface area contributed by atoms with Crippen molar-refractivity contribution in [1.82, 2.24) is 9.80 Å². The number of hydrogen-bond donors (Lipinski definition) is 1. The van der Waals surface area contributed by atoms with Crippen molar-refractivity contribution < 1.29 is 8.78 Å². The van der Waals surface area contributed by atoms with Crippen molar-refractivity contribution in [2.24, 2.45) is 5.73 Å². The van der Waals surface area contributed by atoms with E-state index in [0.29, 0.717) is 5.56 Å². The normalized spacial score (nSPS) is 22.4. The van der Waals surface area contributed by atoms with Crippen LogP contribution in [0.5, 0.6) is 0 Å². The van der Waals surface area contributed by atoms with Gasteiger partial charge in [0.15, 0.2) is 0 Å². The van der Waals surface area contributed by atoms with Gasteiger partial charge in [0.25, 0.3) is 0 Å². The van der Waals surface area contributed by atoms with Gasteiger partial charge in [-0.05, 0) is 37.0 Å². The van der Waals surface area contributed by atoms with Gasteiger partial charge in [-0.15, -0.1) is 0 Å². The van der Waals surface area contributed by atoms with E-state index in [1.54, 1.807) is 0 Å². The van der Waals surface area contributed by atoms with Crippen molar-refractivity contribution in [2.45, 2.75) is 31.3 Å². The molecule has 2 N–H and O–H groups in total. The maximum atomic E-state index is 13.2. The van der Waals surface area contributed by atoms with Crippen LogP contribution in [0.1, 0.15) is 30.9 Å². The highest BCUT2D eigenvalue weighted by Gasteiger charge is 2.31. The molecule has 2 fully saturated rings. The second-order valence-electron chi connectivity index (χ2n) is 6.21. The van der Waals surface area contributed by atoms with Gasteiger partial charge < -0.3 is 10.6 Å². The summed E-state index contributed by atoms with van der Waals surface area (Å²) >= 11 is 0. The molecule has 0 spiro atoms. The Morgan fingerprint density at radius 3 is 2.24 bits per heavy atom. The highest BCUT2D eigenvalue weighted by atomic mass is 19.1. The van der Waals surface area contributed by atoms with Crippen LogP contribution < -0.4 is 5.73 Å². The van der Waals surface area contributed by atoms with Crippen LogP contribution in [0.4, 0.5) is 8.78 Å². The van der Waals surface area contributed by atoms with Crippen LogP contribution in [0, 0.1) is 11.6 Å². The largest absolute Gasteiger partial charge is 0.324 e. The van der Waals surface area contributed by atoms with Gasteiger partial charge in [0, 0.05) is 50.9 Å². The van der Waals surface area contributed by atoms with E-state index in [4.69, 9.17) is 5.73 Å². The first-order valence-corrected chi connectivity index (χ1v) is 7.80. The number of halogens is 2. The monoisotopic (exact) mass is 295 g/mol. The molecule has 21 heavy (non-hydrogen) atoms. The third kappa shape index (κ3) is 3.99. The Bertz CT molecular complexity index is 462. The van der Waals surface area contributed by atoms with E-state index in [0.717, 1.165) is 51.3 Å². The first-order chi connectivity index (χ1) is 10.1. The fraction of sp³-hybridized carbons (Fsp3) is 0.625. The molecule has 1 saturated carbocycles. The molecule has 5 heteroatoms. The first kappa shape index (κ1) is 14.9. The number of benzene rings is 1. The zero-order valence-electron chi connectivity index (χ0n) is 12.3. The van der Waals surface area contributed by atoms with Crippen LogP contribution in [0.25, 0.3) is 0 Å². The standard InChI is InChI=1S/C16H23F2N3/c17-13-9-12(10-14(18)11-13)16(19)3-4-20-5-7-21(8-6-20)15-1-2-15/h9-11,15-16H,1-8,19H2. The number of hydrogen-bond acceptors (Lipinski definition) is 3. The van der Waals surface area contributed by atoms with Crippen molar-refractivity contribution in [1.29, 1.82) is 0 Å². The lowest BCUT2D eigenvalue weighted by Crippen LogP contribution is -2.47. The summed E-state index contributed by atoms with van der Waals surface area (Å²) < 4.78 is 26.4. The van der Waals surface area contributed by atoms with Gasteiger partial charge in [0.1, 0.15) is 11.6 Å². The van der Waals surface area contributed by atoms with E-state index >= 15 is 0 Å². The van der Waals surface area contributed by atoms with E-state index in [2.05, 4.69) is 9.80 Å². The van der Waals surface area contributed by atoms with E-state index in [9.17, 15) is 8.78 Å². The van der Waals surface area contributed by atoms with E-state index < -0.39 is 11.6 Å². The summed E-state index contributed by atoms with van der Waals surface area (Å²) in [6.45, 7) is 5.29. The van der Waals surface area contributed by atoms with Crippen LogP contribution in [0.3, 0.4) is 0 Å². The van der Waals surface area contributed by atoms with Gasteiger partial charge in [-0.3, -0.25) is 4.90 Å². The molecular formula is C16H23F2N3. The Morgan fingerprint density at radius 2 is 1.67 bits per heavy atom. The van der Waals surface area contributed by atoms with E-state index in [-0.39, 0.29) is 6.04 Å². The maximum Gasteiger partial charge on any atom is 0.126 e. The van der Waals surface area contributed by atoms with Crippen LogP contribution in [-0.2, 0) is 0 Å². The quantitative estimate of drug-likeness (QED) is 0.903. The predicted molar refractivity (Wildman–Crippen MR) is 78.9 cm³/mol. The lowest BCUT2D eigenvalue weighted by atomic mass is 10.0. The van der Waals surface area contributed by atoms with Crippen molar-refractivity contribution in [3.8, 4) is 0 Å². The smallest absolute Gasteiger partial charge is 0.126 e. The first-order valence-electron chi connectivity index (χ1n) is 7.80. The van der Waals surface area contributed by atoms with Crippen molar-refractivity contribution >= 4 is 0 Å². The zero-order chi connectivity index (χ0) is 14.8. The SMILES string of the molecule is NC(CCN1CCN(C2CC2)CC1)c1cc(F)cc(F)c1. The summed E-state index contributed by atoms with van der Waals surface area (Å²) in [5.74, 6) is -1.11. The number of rotatable bonds is 5. The van der Waals surface area contributed by atoms with Crippen LogP contribution in [0.2, 0.25) is 0 Å². The van der Waals surface area contributed by atoms with E-state index in [1.807, 2.05) is 0 Å². The Labute approximate surface area is 124 Å². The van der Waals surface area contributed by atoms with E-state index in [1.165, 1.54) is 25.0 Å².